The van der Waals surface area contributed by atoms with E-state index in [4.69, 9.17) is 23.2 Å². The van der Waals surface area contributed by atoms with E-state index in [0.29, 0.717) is 23.0 Å². The number of benzene rings is 3. The van der Waals surface area contributed by atoms with E-state index in [2.05, 4.69) is 5.32 Å². The van der Waals surface area contributed by atoms with Crippen LogP contribution in [0.15, 0.2) is 78.9 Å². The van der Waals surface area contributed by atoms with E-state index in [0.717, 1.165) is 42.4 Å². The van der Waals surface area contributed by atoms with E-state index >= 15 is 0 Å². The molecule has 6 heteroatoms. The van der Waals surface area contributed by atoms with Gasteiger partial charge in [-0.25, -0.2) is 0 Å². The molecule has 0 heterocycles. The van der Waals surface area contributed by atoms with Gasteiger partial charge in [0, 0.05) is 19.0 Å². The lowest BCUT2D eigenvalue weighted by molar-refractivity contribution is -0.141. The molecule has 4 rings (SSSR count). The molecule has 2 amide bonds. The third kappa shape index (κ3) is 7.35. The summed E-state index contributed by atoms with van der Waals surface area (Å²) in [6.07, 6.45) is 6.00. The fourth-order valence-corrected chi connectivity index (χ4v) is 5.12. The Hall–Kier alpha value is -2.82. The van der Waals surface area contributed by atoms with Crippen LogP contribution in [0, 0.1) is 0 Å². The van der Waals surface area contributed by atoms with Gasteiger partial charge >= 0.3 is 0 Å². The van der Waals surface area contributed by atoms with Crippen LogP contribution >= 0.6 is 23.2 Å². The minimum absolute atomic E-state index is 0.0934. The van der Waals surface area contributed by atoms with Crippen LogP contribution in [0.5, 0.6) is 0 Å². The summed E-state index contributed by atoms with van der Waals surface area (Å²) in [6.45, 7) is 0.344. The van der Waals surface area contributed by atoms with Gasteiger partial charge in [-0.1, -0.05) is 109 Å². The quantitative estimate of drug-likeness (QED) is 0.343. The molecule has 3 aromatic rings. The molecule has 36 heavy (non-hydrogen) atoms. The molecule has 188 valence electrons. The summed E-state index contributed by atoms with van der Waals surface area (Å²) in [5.74, 6) is -0.221. The zero-order valence-corrected chi connectivity index (χ0v) is 21.8. The molecule has 1 atom stereocenters. The normalized spacial score (nSPS) is 14.7. The standard InChI is InChI=1S/C30H32Cl2N2O2/c31-26-17-16-24(18-27(26)32)20-29(35)34(21-23-12-6-2-7-13-23)28(19-22-10-4-1-5-11-22)30(36)33-25-14-8-3-9-15-25/h1-2,4-7,10-13,16-18,25,28H,3,8-9,14-15,19-21H2,(H,33,36)/t28-/m1/s1. The van der Waals surface area contributed by atoms with Gasteiger partial charge in [-0.3, -0.25) is 9.59 Å². The summed E-state index contributed by atoms with van der Waals surface area (Å²) in [5, 5.41) is 4.13. The van der Waals surface area contributed by atoms with Crippen molar-refractivity contribution in [2.45, 2.75) is 63.6 Å². The highest BCUT2D eigenvalue weighted by atomic mass is 35.5. The lowest BCUT2D eigenvalue weighted by Crippen LogP contribution is -2.53. The number of amides is 2. The largest absolute Gasteiger partial charge is 0.352 e. The lowest BCUT2D eigenvalue weighted by atomic mass is 9.94. The third-order valence-corrected chi connectivity index (χ3v) is 7.50. The second-order valence-corrected chi connectivity index (χ2v) is 10.3. The highest BCUT2D eigenvalue weighted by Crippen LogP contribution is 2.24. The van der Waals surface area contributed by atoms with Gasteiger partial charge in [0.05, 0.1) is 16.5 Å². The number of nitrogens with zero attached hydrogens (tertiary/aromatic N) is 1. The minimum atomic E-state index is -0.634. The van der Waals surface area contributed by atoms with Crippen LogP contribution in [-0.4, -0.2) is 28.8 Å². The first kappa shape index (κ1) is 26.2. The molecule has 1 fully saturated rings. The zero-order valence-electron chi connectivity index (χ0n) is 20.3. The van der Waals surface area contributed by atoms with Gasteiger partial charge in [0.15, 0.2) is 0 Å². The molecular formula is C30H32Cl2N2O2. The molecule has 0 aliphatic heterocycles. The van der Waals surface area contributed by atoms with Crippen molar-refractivity contribution >= 4 is 35.0 Å². The highest BCUT2D eigenvalue weighted by molar-refractivity contribution is 6.42. The van der Waals surface area contributed by atoms with Crippen LogP contribution in [0.3, 0.4) is 0 Å². The van der Waals surface area contributed by atoms with Crippen LogP contribution in [0.25, 0.3) is 0 Å². The number of halogens is 2. The van der Waals surface area contributed by atoms with Crippen molar-refractivity contribution in [3.8, 4) is 0 Å². The molecule has 1 aliphatic carbocycles. The fourth-order valence-electron chi connectivity index (χ4n) is 4.80. The zero-order chi connectivity index (χ0) is 25.3. The van der Waals surface area contributed by atoms with Crippen LogP contribution in [0.2, 0.25) is 10.0 Å². The molecule has 0 radical (unpaired) electrons. The van der Waals surface area contributed by atoms with Gasteiger partial charge in [-0.2, -0.15) is 0 Å². The Labute approximate surface area is 223 Å². The van der Waals surface area contributed by atoms with Gasteiger partial charge in [-0.15, -0.1) is 0 Å². The van der Waals surface area contributed by atoms with E-state index in [1.807, 2.05) is 60.7 Å². The Balaban J connectivity index is 1.64. The Morgan fingerprint density at radius 1 is 0.806 bits per heavy atom. The minimum Gasteiger partial charge on any atom is -0.352 e. The SMILES string of the molecule is O=C(NC1CCCCC1)[C@@H](Cc1ccccc1)N(Cc1ccccc1)C(=O)Cc1ccc(Cl)c(Cl)c1. The smallest absolute Gasteiger partial charge is 0.243 e. The number of carbonyl (C=O) groups excluding carboxylic acids is 2. The summed E-state index contributed by atoms with van der Waals surface area (Å²) in [6, 6.07) is 24.5. The first-order valence-corrected chi connectivity index (χ1v) is 13.4. The summed E-state index contributed by atoms with van der Waals surface area (Å²) in [5.41, 5.74) is 2.75. The van der Waals surface area contributed by atoms with Crippen LogP contribution in [-0.2, 0) is 29.0 Å². The monoisotopic (exact) mass is 522 g/mol. The molecule has 1 aliphatic rings. The Morgan fingerprint density at radius 3 is 2.08 bits per heavy atom. The molecular weight excluding hydrogens is 491 g/mol. The molecule has 1 N–H and O–H groups in total. The van der Waals surface area contributed by atoms with Crippen LogP contribution in [0.4, 0.5) is 0 Å². The van der Waals surface area contributed by atoms with E-state index < -0.39 is 6.04 Å². The van der Waals surface area contributed by atoms with E-state index in [-0.39, 0.29) is 24.3 Å². The number of rotatable bonds is 9. The van der Waals surface area contributed by atoms with Crippen molar-refractivity contribution in [2.75, 3.05) is 0 Å². The number of hydrogen-bond donors (Lipinski definition) is 1. The first-order valence-electron chi connectivity index (χ1n) is 12.6. The third-order valence-electron chi connectivity index (χ3n) is 6.76. The maximum absolute atomic E-state index is 13.8. The molecule has 0 aromatic heterocycles. The summed E-state index contributed by atoms with van der Waals surface area (Å²) < 4.78 is 0. The van der Waals surface area contributed by atoms with Gasteiger partial charge in [0.2, 0.25) is 11.8 Å². The van der Waals surface area contributed by atoms with Crippen molar-refractivity contribution in [2.24, 2.45) is 0 Å². The van der Waals surface area contributed by atoms with E-state index in [1.54, 1.807) is 23.1 Å². The summed E-state index contributed by atoms with van der Waals surface area (Å²) >= 11 is 12.3. The van der Waals surface area contributed by atoms with Crippen molar-refractivity contribution < 1.29 is 9.59 Å². The van der Waals surface area contributed by atoms with Crippen molar-refractivity contribution in [3.05, 3.63) is 106 Å². The predicted octanol–water partition coefficient (Wildman–Crippen LogP) is 6.62. The van der Waals surface area contributed by atoms with Gasteiger partial charge in [0.1, 0.15) is 6.04 Å². The summed E-state index contributed by atoms with van der Waals surface area (Å²) in [7, 11) is 0. The van der Waals surface area contributed by atoms with E-state index in [9.17, 15) is 9.59 Å². The molecule has 3 aromatic carbocycles. The maximum Gasteiger partial charge on any atom is 0.243 e. The highest BCUT2D eigenvalue weighted by Gasteiger charge is 2.32. The van der Waals surface area contributed by atoms with Crippen molar-refractivity contribution in [3.63, 3.8) is 0 Å². The van der Waals surface area contributed by atoms with Gasteiger partial charge < -0.3 is 10.2 Å². The van der Waals surface area contributed by atoms with Gasteiger partial charge in [0.25, 0.3) is 0 Å². The van der Waals surface area contributed by atoms with Crippen LogP contribution in [0.1, 0.15) is 48.8 Å². The molecule has 4 nitrogen and oxygen atoms in total. The number of nitrogens with one attached hydrogen (secondary N) is 1. The lowest BCUT2D eigenvalue weighted by Gasteiger charge is -2.33. The Morgan fingerprint density at radius 2 is 1.44 bits per heavy atom. The van der Waals surface area contributed by atoms with Crippen molar-refractivity contribution in [1.82, 2.24) is 10.2 Å². The topological polar surface area (TPSA) is 49.4 Å². The van der Waals surface area contributed by atoms with Gasteiger partial charge in [-0.05, 0) is 41.7 Å². The molecule has 0 bridgehead atoms. The Bertz CT molecular complexity index is 1150. The Kier molecular flexibility index (Phi) is 9.43. The molecule has 0 spiro atoms. The second-order valence-electron chi connectivity index (χ2n) is 9.48. The maximum atomic E-state index is 13.8. The van der Waals surface area contributed by atoms with E-state index in [1.165, 1.54) is 6.42 Å². The molecule has 1 saturated carbocycles. The molecule has 0 saturated heterocycles. The first-order chi connectivity index (χ1) is 17.5. The molecule has 0 unspecified atom stereocenters. The van der Waals surface area contributed by atoms with Crippen molar-refractivity contribution in [1.29, 1.82) is 0 Å². The number of hydrogen-bond acceptors (Lipinski definition) is 2. The number of carbonyl (C=O) groups is 2. The average molecular weight is 524 g/mol. The fraction of sp³-hybridized carbons (Fsp3) is 0.333. The average Bonchev–Trinajstić information content (AvgIpc) is 2.90. The summed E-state index contributed by atoms with van der Waals surface area (Å²) in [4.78, 5) is 29.3. The second kappa shape index (κ2) is 12.9. The van der Waals surface area contributed by atoms with Crippen LogP contribution < -0.4 is 5.32 Å². The predicted molar refractivity (Wildman–Crippen MR) is 146 cm³/mol.